The molecule has 118 valence electrons. The van der Waals surface area contributed by atoms with E-state index >= 15 is 0 Å². The Balaban J connectivity index is -0.0000000402. The van der Waals surface area contributed by atoms with Crippen LogP contribution < -0.4 is 24.6 Å². The molecule has 0 bridgehead atoms. The SMILES string of the molecule is N.N.N.N.O=C(O)O.O=S(=O)(O)OOS(=O)(=O)O. The summed E-state index contributed by atoms with van der Waals surface area (Å²) in [5.41, 5.74) is 0. The first-order chi connectivity index (χ1) is 5.94. The van der Waals surface area contributed by atoms with Gasteiger partial charge in [0.05, 0.1) is 0 Å². The van der Waals surface area contributed by atoms with E-state index in [9.17, 15) is 16.8 Å². The molecule has 0 saturated heterocycles. The van der Waals surface area contributed by atoms with Crippen LogP contribution in [0.4, 0.5) is 4.79 Å². The summed E-state index contributed by atoms with van der Waals surface area (Å²) in [6.45, 7) is 0. The zero-order chi connectivity index (χ0) is 12.0. The van der Waals surface area contributed by atoms with Gasteiger partial charge in [0.15, 0.2) is 0 Å². The second-order valence-electron chi connectivity index (χ2n) is 1.27. The Hall–Kier alpha value is -1.15. The average Bonchev–Trinajstić information content (AvgIpc) is 1.79. The lowest BCUT2D eigenvalue weighted by molar-refractivity contribution is -0.105. The van der Waals surface area contributed by atoms with Crippen molar-refractivity contribution < 1.29 is 49.6 Å². The third kappa shape index (κ3) is 83.2. The number of hydrogen-bond acceptors (Lipinski definition) is 11. The average molecular weight is 324 g/mol. The van der Waals surface area contributed by atoms with E-state index in [0.717, 1.165) is 0 Å². The Kier molecular flexibility index (Phi) is 27.8. The van der Waals surface area contributed by atoms with Gasteiger partial charge in [-0.15, -0.1) is 0 Å². The van der Waals surface area contributed by atoms with E-state index in [0.29, 0.717) is 0 Å². The van der Waals surface area contributed by atoms with Gasteiger partial charge in [0.1, 0.15) is 0 Å². The molecule has 15 nitrogen and oxygen atoms in total. The number of rotatable bonds is 3. The fourth-order valence-corrected chi connectivity index (χ4v) is 0.632. The van der Waals surface area contributed by atoms with Crippen LogP contribution in [-0.2, 0) is 29.5 Å². The van der Waals surface area contributed by atoms with Crippen molar-refractivity contribution in [3.8, 4) is 0 Å². The van der Waals surface area contributed by atoms with Crippen molar-refractivity contribution in [2.45, 2.75) is 0 Å². The molecule has 16 N–H and O–H groups in total. The molecule has 0 fully saturated rings. The lowest BCUT2D eigenvalue weighted by Crippen LogP contribution is -2.10. The lowest BCUT2D eigenvalue weighted by atomic mass is 11.5. The molecule has 0 atom stereocenters. The van der Waals surface area contributed by atoms with Gasteiger partial charge < -0.3 is 34.8 Å². The molecule has 0 amide bonds. The summed E-state index contributed by atoms with van der Waals surface area (Å²) in [4.78, 5) is 8.56. The molecule has 0 aliphatic carbocycles. The van der Waals surface area contributed by atoms with Crippen LogP contribution >= 0.6 is 0 Å². The first kappa shape index (κ1) is 36.0. The fraction of sp³-hybridized carbons (Fsp3) is 0. The predicted molar refractivity (Wildman–Crippen MR) is 56.0 cm³/mol. The minimum Gasteiger partial charge on any atom is -0.450 e. The van der Waals surface area contributed by atoms with Crippen LogP contribution in [0.1, 0.15) is 0 Å². The van der Waals surface area contributed by atoms with Crippen molar-refractivity contribution >= 4 is 27.0 Å². The van der Waals surface area contributed by atoms with Crippen LogP contribution in [0.3, 0.4) is 0 Å². The molecular formula is CH16N4O11S2. The summed E-state index contributed by atoms with van der Waals surface area (Å²) in [6, 6.07) is 0. The summed E-state index contributed by atoms with van der Waals surface area (Å²) < 4.78 is 58.9. The Bertz CT molecular complexity index is 334. The molecule has 0 unspecified atom stereocenters. The van der Waals surface area contributed by atoms with Crippen LogP contribution in [-0.4, -0.2) is 42.3 Å². The normalized spacial score (nSPS) is 8.78. The van der Waals surface area contributed by atoms with E-state index in [1.54, 1.807) is 0 Å². The summed E-state index contributed by atoms with van der Waals surface area (Å²) in [5.74, 6) is 0. The van der Waals surface area contributed by atoms with Crippen LogP contribution in [0.2, 0.25) is 0 Å². The van der Waals surface area contributed by atoms with Gasteiger partial charge in [-0.05, 0) is 0 Å². The van der Waals surface area contributed by atoms with Gasteiger partial charge in [-0.2, -0.15) is 16.8 Å². The molecule has 18 heavy (non-hydrogen) atoms. The highest BCUT2D eigenvalue weighted by molar-refractivity contribution is 7.83. The fourth-order valence-electron chi connectivity index (χ4n) is 0.0702. The second kappa shape index (κ2) is 13.9. The number of carboxylic acid groups (broad SMARTS) is 2. The topological polar surface area (TPSA) is 325 Å². The van der Waals surface area contributed by atoms with Crippen LogP contribution in [0.25, 0.3) is 0 Å². The molecule has 0 radical (unpaired) electrons. The number of carbonyl (C=O) groups is 1. The highest BCUT2D eigenvalue weighted by Gasteiger charge is 2.13. The second-order valence-corrected chi connectivity index (χ2v) is 3.26. The minimum atomic E-state index is -5.02. The predicted octanol–water partition coefficient (Wildman–Crippen LogP) is -0.589. The zero-order valence-corrected chi connectivity index (χ0v) is 10.4. The van der Waals surface area contributed by atoms with Crippen molar-refractivity contribution in [2.75, 3.05) is 0 Å². The van der Waals surface area contributed by atoms with Crippen molar-refractivity contribution in [1.29, 1.82) is 0 Å². The molecule has 0 spiro atoms. The quantitative estimate of drug-likeness (QED) is 0.182. The van der Waals surface area contributed by atoms with Gasteiger partial charge in [-0.1, -0.05) is 8.67 Å². The van der Waals surface area contributed by atoms with Crippen molar-refractivity contribution in [3.05, 3.63) is 0 Å². The molecular weight excluding hydrogens is 308 g/mol. The first-order valence-electron chi connectivity index (χ1n) is 2.18. The van der Waals surface area contributed by atoms with Gasteiger partial charge in [0.25, 0.3) is 0 Å². The molecule has 0 saturated carbocycles. The van der Waals surface area contributed by atoms with Gasteiger partial charge in [-0.3, -0.25) is 9.11 Å². The molecule has 0 aliphatic heterocycles. The first-order valence-corrected chi connectivity index (χ1v) is 4.91. The molecule has 0 rings (SSSR count). The monoisotopic (exact) mass is 324 g/mol. The summed E-state index contributed by atoms with van der Waals surface area (Å²) >= 11 is 0. The van der Waals surface area contributed by atoms with Gasteiger partial charge in [-0.25, -0.2) is 4.79 Å². The Labute approximate surface area is 102 Å². The Morgan fingerprint density at radius 2 is 0.833 bits per heavy atom. The smallest absolute Gasteiger partial charge is 0.450 e. The summed E-state index contributed by atoms with van der Waals surface area (Å²) in [5, 5.41) is 13.9. The Morgan fingerprint density at radius 3 is 0.889 bits per heavy atom. The summed E-state index contributed by atoms with van der Waals surface area (Å²) in [7, 11) is -10.0. The maximum absolute atomic E-state index is 9.51. The largest absolute Gasteiger partial charge is 0.503 e. The summed E-state index contributed by atoms with van der Waals surface area (Å²) in [6.07, 6.45) is -1.83. The van der Waals surface area contributed by atoms with E-state index in [1.165, 1.54) is 0 Å². The van der Waals surface area contributed by atoms with Gasteiger partial charge in [0.2, 0.25) is 0 Å². The lowest BCUT2D eigenvalue weighted by Gasteiger charge is -1.92. The molecule has 17 heteroatoms. The highest BCUT2D eigenvalue weighted by atomic mass is 32.3. The van der Waals surface area contributed by atoms with E-state index in [-0.39, 0.29) is 24.6 Å². The van der Waals surface area contributed by atoms with Crippen molar-refractivity contribution in [1.82, 2.24) is 24.6 Å². The van der Waals surface area contributed by atoms with Gasteiger partial charge >= 0.3 is 27.0 Å². The van der Waals surface area contributed by atoms with E-state index in [1.807, 2.05) is 0 Å². The number of hydrogen-bond donors (Lipinski definition) is 8. The third-order valence-corrected chi connectivity index (χ3v) is 0.766. The third-order valence-electron chi connectivity index (χ3n) is 0.200. The maximum Gasteiger partial charge on any atom is 0.503 e. The standard InChI is InChI=1S/CH2O3.4H3N.H2O8S2/c2-1(3)4;;;;;1-9(2,3)7-8-10(4,5)6/h(H2,2,3,4);4*1H3;(H,1,2,3)(H,4,5,6). The molecule has 0 aliphatic rings. The zero-order valence-electron chi connectivity index (χ0n) is 8.79. The minimum absolute atomic E-state index is 0. The van der Waals surface area contributed by atoms with Gasteiger partial charge in [0, 0.05) is 0 Å². The molecule has 0 aromatic carbocycles. The molecule has 0 heterocycles. The van der Waals surface area contributed by atoms with E-state index < -0.39 is 27.0 Å². The van der Waals surface area contributed by atoms with Crippen LogP contribution in [0.5, 0.6) is 0 Å². The molecule has 0 aromatic heterocycles. The van der Waals surface area contributed by atoms with Crippen LogP contribution in [0, 0.1) is 0 Å². The van der Waals surface area contributed by atoms with E-state index in [4.69, 9.17) is 24.1 Å². The molecule has 0 aromatic rings. The van der Waals surface area contributed by atoms with Crippen molar-refractivity contribution in [2.24, 2.45) is 0 Å². The Morgan fingerprint density at radius 1 is 0.722 bits per heavy atom. The van der Waals surface area contributed by atoms with Crippen molar-refractivity contribution in [3.63, 3.8) is 0 Å². The van der Waals surface area contributed by atoms with Crippen LogP contribution in [0.15, 0.2) is 0 Å². The maximum atomic E-state index is 9.51. The van der Waals surface area contributed by atoms with E-state index in [2.05, 4.69) is 8.67 Å². The highest BCUT2D eigenvalue weighted by Crippen LogP contribution is 1.92.